The topological polar surface area (TPSA) is 60.4 Å². The zero-order chi connectivity index (χ0) is 18.1. The first kappa shape index (κ1) is 19.4. The third-order valence-corrected chi connectivity index (χ3v) is 3.43. The number of aldehydes is 1. The zero-order valence-electron chi connectivity index (χ0n) is 14.4. The second-order valence-corrected chi connectivity index (χ2v) is 5.52. The Morgan fingerprint density at radius 1 is 1.46 bits per heavy atom. The predicted octanol–water partition coefficient (Wildman–Crippen LogP) is 4.17. The Bertz CT molecular complexity index is 751. The average molecular weight is 329 g/mol. The number of benzene rings is 1. The van der Waals surface area contributed by atoms with Crippen molar-refractivity contribution in [3.05, 3.63) is 60.2 Å². The number of hydrogen-bond donors (Lipinski definition) is 1. The maximum Gasteiger partial charge on any atom is 0.142 e. The number of rotatable bonds is 5. The molecule has 0 bridgehead atoms. The molecule has 0 aliphatic carbocycles. The van der Waals surface area contributed by atoms with Crippen LogP contribution in [0.25, 0.3) is 10.9 Å². The third-order valence-electron chi connectivity index (χ3n) is 3.43. The lowest BCUT2D eigenvalue weighted by Crippen LogP contribution is -1.97. The van der Waals surface area contributed by atoms with Crippen LogP contribution in [0.4, 0.5) is 4.39 Å². The van der Waals surface area contributed by atoms with Crippen LogP contribution < -0.4 is 5.73 Å². The van der Waals surface area contributed by atoms with Crippen LogP contribution in [0.1, 0.15) is 32.4 Å². The van der Waals surface area contributed by atoms with Crippen molar-refractivity contribution in [2.45, 2.75) is 33.2 Å². The van der Waals surface area contributed by atoms with Crippen molar-refractivity contribution in [2.75, 3.05) is 0 Å². The summed E-state index contributed by atoms with van der Waals surface area (Å²) in [5, 5.41) is 0.958. The first-order chi connectivity index (χ1) is 11.4. The van der Waals surface area contributed by atoms with E-state index in [0.29, 0.717) is 18.7 Å². The fraction of sp³-hybridized carbons (Fsp3) is 0.263. The van der Waals surface area contributed by atoms with Crippen molar-refractivity contribution in [2.24, 2.45) is 10.7 Å². The maximum absolute atomic E-state index is 13.5. The monoisotopic (exact) mass is 329 g/mol. The molecule has 0 spiro atoms. The molecule has 4 nitrogen and oxygen atoms in total. The second-order valence-electron chi connectivity index (χ2n) is 5.52. The first-order valence-corrected chi connectivity index (χ1v) is 7.70. The summed E-state index contributed by atoms with van der Waals surface area (Å²) in [4.78, 5) is 13.1. The van der Waals surface area contributed by atoms with Gasteiger partial charge in [-0.2, -0.15) is 0 Å². The van der Waals surface area contributed by atoms with Gasteiger partial charge in [0.2, 0.25) is 0 Å². The van der Waals surface area contributed by atoms with Crippen molar-refractivity contribution in [3.63, 3.8) is 0 Å². The highest BCUT2D eigenvalue weighted by molar-refractivity contribution is 5.84. The summed E-state index contributed by atoms with van der Waals surface area (Å²) in [6.07, 6.45) is 7.91. The molecule has 128 valence electrons. The Morgan fingerprint density at radius 2 is 2.12 bits per heavy atom. The molecule has 5 heteroatoms. The quantitative estimate of drug-likeness (QED) is 0.387. The largest absolute Gasteiger partial charge is 0.390 e. The Morgan fingerprint density at radius 3 is 2.67 bits per heavy atom. The molecule has 0 aliphatic heterocycles. The highest BCUT2D eigenvalue weighted by Gasteiger charge is 2.10. The first-order valence-electron chi connectivity index (χ1n) is 7.70. The highest BCUT2D eigenvalue weighted by atomic mass is 19.1. The molecule has 0 saturated carbocycles. The van der Waals surface area contributed by atoms with Crippen LogP contribution in [-0.2, 0) is 11.2 Å². The van der Waals surface area contributed by atoms with Gasteiger partial charge in [0.25, 0.3) is 0 Å². The van der Waals surface area contributed by atoms with E-state index >= 15 is 0 Å². The number of halogens is 1. The van der Waals surface area contributed by atoms with Gasteiger partial charge in [0.1, 0.15) is 12.1 Å². The summed E-state index contributed by atoms with van der Waals surface area (Å²) in [5.74, 6) is -0.207. The van der Waals surface area contributed by atoms with Gasteiger partial charge in [-0.25, -0.2) is 9.38 Å². The van der Waals surface area contributed by atoms with Crippen molar-refractivity contribution in [1.29, 1.82) is 0 Å². The van der Waals surface area contributed by atoms with E-state index in [9.17, 15) is 4.39 Å². The number of carbonyl (C=O) groups is 1. The van der Waals surface area contributed by atoms with Crippen molar-refractivity contribution in [3.8, 4) is 0 Å². The molecule has 1 aromatic carbocycles. The standard InChI is InChI=1S/C16H20FN3.C3H4O/c1-11(2)20-9-13(5-4-12(3)19-10-18)15-8-14(17)6-7-16(15)20;1-2-3-4/h4,6-11H,5H2,1-3H3,(H2,18,19);2-3H,1H2/b12-4-;. The van der Waals surface area contributed by atoms with Gasteiger partial charge in [0, 0.05) is 28.8 Å². The molecule has 0 atom stereocenters. The van der Waals surface area contributed by atoms with E-state index in [2.05, 4.69) is 36.2 Å². The molecule has 2 aromatic rings. The summed E-state index contributed by atoms with van der Waals surface area (Å²) >= 11 is 0. The van der Waals surface area contributed by atoms with Crippen LogP contribution in [0.3, 0.4) is 0 Å². The molecule has 2 N–H and O–H groups in total. The average Bonchev–Trinajstić information content (AvgIpc) is 2.91. The molecule has 1 heterocycles. The number of nitrogens with two attached hydrogens (primary N) is 1. The minimum Gasteiger partial charge on any atom is -0.390 e. The Balaban J connectivity index is 0.000000648. The summed E-state index contributed by atoms with van der Waals surface area (Å²) in [5.41, 5.74) is 8.28. The molecule has 0 aliphatic rings. The van der Waals surface area contributed by atoms with Crippen LogP contribution in [0.5, 0.6) is 0 Å². The molecule has 24 heavy (non-hydrogen) atoms. The van der Waals surface area contributed by atoms with Gasteiger partial charge in [-0.1, -0.05) is 12.7 Å². The number of aliphatic imine (C=N–C) groups is 1. The Hall–Kier alpha value is -2.69. The van der Waals surface area contributed by atoms with E-state index in [0.717, 1.165) is 22.2 Å². The van der Waals surface area contributed by atoms with Crippen molar-refractivity contribution in [1.82, 2.24) is 4.57 Å². The number of hydrogen-bond acceptors (Lipinski definition) is 2. The maximum atomic E-state index is 13.5. The van der Waals surface area contributed by atoms with Gasteiger partial charge < -0.3 is 10.3 Å². The molecule has 0 fully saturated rings. The summed E-state index contributed by atoms with van der Waals surface area (Å²) in [6.45, 7) is 9.24. The zero-order valence-corrected chi connectivity index (χ0v) is 14.4. The molecular weight excluding hydrogens is 305 g/mol. The van der Waals surface area contributed by atoms with E-state index in [1.165, 1.54) is 18.5 Å². The summed E-state index contributed by atoms with van der Waals surface area (Å²) in [6, 6.07) is 5.27. The third kappa shape index (κ3) is 5.19. The number of nitrogens with zero attached hydrogens (tertiary/aromatic N) is 2. The van der Waals surface area contributed by atoms with E-state index in [1.807, 2.05) is 19.1 Å². The van der Waals surface area contributed by atoms with E-state index < -0.39 is 0 Å². The summed E-state index contributed by atoms with van der Waals surface area (Å²) < 4.78 is 15.6. The van der Waals surface area contributed by atoms with Gasteiger partial charge in [-0.15, -0.1) is 0 Å². The fourth-order valence-corrected chi connectivity index (χ4v) is 2.32. The molecule has 0 radical (unpaired) electrons. The molecule has 2 rings (SSSR count). The summed E-state index contributed by atoms with van der Waals surface area (Å²) in [7, 11) is 0. The Labute approximate surface area is 142 Å². The van der Waals surface area contributed by atoms with Gasteiger partial charge in [0.15, 0.2) is 0 Å². The lowest BCUT2D eigenvalue weighted by Gasteiger charge is -2.08. The number of allylic oxidation sites excluding steroid dienone is 3. The molecule has 1 aromatic heterocycles. The van der Waals surface area contributed by atoms with Crippen LogP contribution in [-0.4, -0.2) is 17.2 Å². The van der Waals surface area contributed by atoms with Gasteiger partial charge in [-0.3, -0.25) is 4.79 Å². The smallest absolute Gasteiger partial charge is 0.142 e. The van der Waals surface area contributed by atoms with Crippen LogP contribution in [0, 0.1) is 5.82 Å². The SMILES string of the molecule is C/C(=C/Cc1cn(C(C)C)c2ccc(F)cc12)N=CN.C=CC=O. The van der Waals surface area contributed by atoms with Gasteiger partial charge >= 0.3 is 0 Å². The molecule has 0 saturated heterocycles. The number of aromatic nitrogens is 1. The molecule has 0 amide bonds. The van der Waals surface area contributed by atoms with Crippen molar-refractivity contribution < 1.29 is 9.18 Å². The van der Waals surface area contributed by atoms with Crippen LogP contribution >= 0.6 is 0 Å². The number of fused-ring (bicyclic) bond motifs is 1. The molecular formula is C19H24FN3O. The second kappa shape index (κ2) is 9.45. The Kier molecular flexibility index (Phi) is 7.62. The predicted molar refractivity (Wildman–Crippen MR) is 98.7 cm³/mol. The van der Waals surface area contributed by atoms with E-state index in [4.69, 9.17) is 10.5 Å². The normalized spacial score (nSPS) is 11.6. The van der Waals surface area contributed by atoms with Crippen LogP contribution in [0.15, 0.2) is 53.8 Å². The van der Waals surface area contributed by atoms with Gasteiger partial charge in [0.05, 0.1) is 6.34 Å². The highest BCUT2D eigenvalue weighted by Crippen LogP contribution is 2.26. The number of carbonyl (C=O) groups excluding carboxylic acids is 1. The minimum absolute atomic E-state index is 0.207. The van der Waals surface area contributed by atoms with Crippen molar-refractivity contribution >= 4 is 23.5 Å². The minimum atomic E-state index is -0.207. The van der Waals surface area contributed by atoms with E-state index in [-0.39, 0.29) is 5.82 Å². The van der Waals surface area contributed by atoms with Gasteiger partial charge in [-0.05, 0) is 57.0 Å². The van der Waals surface area contributed by atoms with E-state index in [1.54, 1.807) is 6.07 Å². The lowest BCUT2D eigenvalue weighted by molar-refractivity contribution is -0.104. The molecule has 0 unspecified atom stereocenters. The van der Waals surface area contributed by atoms with Crippen LogP contribution in [0.2, 0.25) is 0 Å². The fourth-order valence-electron chi connectivity index (χ4n) is 2.32. The lowest BCUT2D eigenvalue weighted by atomic mass is 10.1.